The number of anilines is 1. The van der Waals surface area contributed by atoms with Crippen LogP contribution in [0.5, 0.6) is 5.75 Å². The quantitative estimate of drug-likeness (QED) is 0.410. The van der Waals surface area contributed by atoms with Crippen molar-refractivity contribution in [2.75, 3.05) is 11.5 Å². The van der Waals surface area contributed by atoms with E-state index in [2.05, 4.69) is 6.92 Å². The van der Waals surface area contributed by atoms with Crippen molar-refractivity contribution in [2.45, 2.75) is 19.9 Å². The summed E-state index contributed by atoms with van der Waals surface area (Å²) in [6.45, 7) is 2.19. The zero-order valence-electron chi connectivity index (χ0n) is 16.2. The fourth-order valence-corrected chi connectivity index (χ4v) is 2.91. The Kier molecular flexibility index (Phi) is 6.58. The van der Waals surface area contributed by atoms with Crippen molar-refractivity contribution in [1.82, 2.24) is 0 Å². The number of carbonyl (C=O) groups is 1. The number of non-ortho nitro benzene ring substituents is 1. The van der Waals surface area contributed by atoms with Crippen molar-refractivity contribution < 1.29 is 14.5 Å². The molecule has 0 heterocycles. The number of nitro benzene ring substituents is 1. The largest absolute Gasteiger partial charge is 0.484 e. The van der Waals surface area contributed by atoms with Crippen molar-refractivity contribution in [3.63, 3.8) is 0 Å². The van der Waals surface area contributed by atoms with Crippen LogP contribution in [-0.2, 0) is 17.8 Å². The number of ether oxygens (including phenoxy) is 1. The fourth-order valence-electron chi connectivity index (χ4n) is 2.91. The molecule has 3 aromatic carbocycles. The molecule has 1 amide bonds. The molecule has 0 aromatic heterocycles. The van der Waals surface area contributed by atoms with E-state index in [1.54, 1.807) is 12.1 Å². The molecule has 0 bridgehead atoms. The predicted molar refractivity (Wildman–Crippen MR) is 112 cm³/mol. The highest BCUT2D eigenvalue weighted by Crippen LogP contribution is 2.23. The van der Waals surface area contributed by atoms with E-state index >= 15 is 0 Å². The number of hydrogen-bond donors (Lipinski definition) is 0. The normalized spacial score (nSPS) is 10.4. The number of carbonyl (C=O) groups excluding carboxylic acids is 1. The Morgan fingerprint density at radius 2 is 1.69 bits per heavy atom. The number of hydrogen-bond acceptors (Lipinski definition) is 4. The minimum Gasteiger partial charge on any atom is -0.484 e. The van der Waals surface area contributed by atoms with Gasteiger partial charge in [-0.3, -0.25) is 14.9 Å². The van der Waals surface area contributed by atoms with Crippen molar-refractivity contribution in [2.24, 2.45) is 0 Å². The zero-order chi connectivity index (χ0) is 20.6. The molecular formula is C23H22N2O4. The van der Waals surface area contributed by atoms with Gasteiger partial charge in [0.2, 0.25) is 0 Å². The number of aryl methyl sites for hydroxylation is 1. The van der Waals surface area contributed by atoms with Crippen LogP contribution in [0, 0.1) is 10.1 Å². The van der Waals surface area contributed by atoms with E-state index in [1.165, 1.54) is 22.6 Å². The molecule has 0 saturated carbocycles. The summed E-state index contributed by atoms with van der Waals surface area (Å²) in [7, 11) is 0. The average Bonchev–Trinajstić information content (AvgIpc) is 2.77. The third kappa shape index (κ3) is 5.42. The number of amides is 1. The molecule has 0 radical (unpaired) electrons. The lowest BCUT2D eigenvalue weighted by atomic mass is 10.2. The molecule has 3 rings (SSSR count). The third-order valence-corrected chi connectivity index (χ3v) is 4.53. The zero-order valence-corrected chi connectivity index (χ0v) is 16.2. The molecule has 6 nitrogen and oxygen atoms in total. The molecule has 3 aromatic rings. The van der Waals surface area contributed by atoms with E-state index < -0.39 is 4.92 Å². The summed E-state index contributed by atoms with van der Waals surface area (Å²) >= 11 is 0. The average molecular weight is 390 g/mol. The van der Waals surface area contributed by atoms with Crippen molar-refractivity contribution in [1.29, 1.82) is 0 Å². The van der Waals surface area contributed by atoms with Gasteiger partial charge in [-0.05, 0) is 35.7 Å². The van der Waals surface area contributed by atoms with Gasteiger partial charge in [-0.15, -0.1) is 0 Å². The summed E-state index contributed by atoms with van der Waals surface area (Å²) in [5, 5.41) is 11.1. The Balaban J connectivity index is 1.80. The lowest BCUT2D eigenvalue weighted by Gasteiger charge is -2.23. The summed E-state index contributed by atoms with van der Waals surface area (Å²) < 4.78 is 5.66. The molecule has 0 fully saturated rings. The van der Waals surface area contributed by atoms with Crippen LogP contribution in [0.2, 0.25) is 0 Å². The smallest absolute Gasteiger partial charge is 0.271 e. The molecule has 0 aliphatic carbocycles. The molecule has 0 aliphatic rings. The van der Waals surface area contributed by atoms with Crippen LogP contribution < -0.4 is 9.64 Å². The standard InChI is InChI=1S/C23H22N2O4/c1-2-18-11-13-22(14-12-18)29-17-23(26)24(16-19-7-4-3-5-8-19)20-9-6-10-21(15-20)25(27)28/h3-15H,2,16-17H2,1H3. The summed E-state index contributed by atoms with van der Waals surface area (Å²) in [6, 6.07) is 23.1. The van der Waals surface area contributed by atoms with E-state index in [9.17, 15) is 14.9 Å². The molecule has 0 saturated heterocycles. The molecule has 0 N–H and O–H groups in total. The highest BCUT2D eigenvalue weighted by molar-refractivity contribution is 5.94. The molecule has 0 spiro atoms. The fraction of sp³-hybridized carbons (Fsp3) is 0.174. The minimum absolute atomic E-state index is 0.0653. The second kappa shape index (κ2) is 9.50. The third-order valence-electron chi connectivity index (χ3n) is 4.53. The number of benzene rings is 3. The molecular weight excluding hydrogens is 368 g/mol. The Morgan fingerprint density at radius 1 is 0.966 bits per heavy atom. The minimum atomic E-state index is -0.472. The highest BCUT2D eigenvalue weighted by Gasteiger charge is 2.19. The van der Waals surface area contributed by atoms with Crippen LogP contribution in [0.15, 0.2) is 78.9 Å². The Bertz CT molecular complexity index is 972. The maximum atomic E-state index is 13.0. The first-order valence-electron chi connectivity index (χ1n) is 9.37. The summed E-state index contributed by atoms with van der Waals surface area (Å²) in [5.74, 6) is 0.322. The van der Waals surface area contributed by atoms with E-state index in [4.69, 9.17) is 4.74 Å². The van der Waals surface area contributed by atoms with Gasteiger partial charge in [0.1, 0.15) is 5.75 Å². The van der Waals surface area contributed by atoms with E-state index in [0.29, 0.717) is 18.0 Å². The van der Waals surface area contributed by atoms with Gasteiger partial charge in [-0.1, -0.05) is 55.5 Å². The van der Waals surface area contributed by atoms with Gasteiger partial charge in [0, 0.05) is 12.1 Å². The van der Waals surface area contributed by atoms with Crippen LogP contribution in [0.3, 0.4) is 0 Å². The van der Waals surface area contributed by atoms with Gasteiger partial charge in [0.05, 0.1) is 17.2 Å². The number of nitro groups is 1. The van der Waals surface area contributed by atoms with Crippen molar-refractivity contribution in [3.8, 4) is 5.75 Å². The second-order valence-corrected chi connectivity index (χ2v) is 6.53. The summed E-state index contributed by atoms with van der Waals surface area (Å²) in [6.07, 6.45) is 0.927. The van der Waals surface area contributed by atoms with Crippen molar-refractivity contribution in [3.05, 3.63) is 100 Å². The SMILES string of the molecule is CCc1ccc(OCC(=O)N(Cc2ccccc2)c2cccc([N+](=O)[O-])c2)cc1. The van der Waals surface area contributed by atoms with Crippen LogP contribution in [0.4, 0.5) is 11.4 Å². The molecule has 29 heavy (non-hydrogen) atoms. The molecule has 0 unspecified atom stereocenters. The lowest BCUT2D eigenvalue weighted by Crippen LogP contribution is -2.34. The van der Waals surface area contributed by atoms with Gasteiger partial charge < -0.3 is 9.64 Å². The van der Waals surface area contributed by atoms with Gasteiger partial charge in [0.25, 0.3) is 11.6 Å². The molecule has 0 atom stereocenters. The predicted octanol–water partition coefficient (Wildman–Crippen LogP) is 4.77. The lowest BCUT2D eigenvalue weighted by molar-refractivity contribution is -0.384. The van der Waals surface area contributed by atoms with Crippen LogP contribution in [0.25, 0.3) is 0 Å². The molecule has 6 heteroatoms. The van der Waals surface area contributed by atoms with Crippen LogP contribution in [-0.4, -0.2) is 17.4 Å². The van der Waals surface area contributed by atoms with Gasteiger partial charge in [-0.2, -0.15) is 0 Å². The Morgan fingerprint density at radius 3 is 2.34 bits per heavy atom. The summed E-state index contributed by atoms with van der Waals surface area (Å²) in [5.41, 5.74) is 2.49. The maximum Gasteiger partial charge on any atom is 0.271 e. The monoisotopic (exact) mass is 390 g/mol. The Labute approximate surface area is 169 Å². The summed E-state index contributed by atoms with van der Waals surface area (Å²) in [4.78, 5) is 25.1. The number of nitrogens with zero attached hydrogens (tertiary/aromatic N) is 2. The molecule has 148 valence electrons. The van der Waals surface area contributed by atoms with Gasteiger partial charge >= 0.3 is 0 Å². The highest BCUT2D eigenvalue weighted by atomic mass is 16.6. The van der Waals surface area contributed by atoms with Crippen molar-refractivity contribution >= 4 is 17.3 Å². The maximum absolute atomic E-state index is 13.0. The second-order valence-electron chi connectivity index (χ2n) is 6.53. The van der Waals surface area contributed by atoms with E-state index in [0.717, 1.165) is 12.0 Å². The first kappa shape index (κ1) is 20.1. The Hall–Kier alpha value is -3.67. The topological polar surface area (TPSA) is 72.7 Å². The van der Waals surface area contributed by atoms with E-state index in [-0.39, 0.29) is 18.2 Å². The first-order chi connectivity index (χ1) is 14.1. The van der Waals surface area contributed by atoms with Crippen LogP contribution >= 0.6 is 0 Å². The number of rotatable bonds is 8. The van der Waals surface area contributed by atoms with Gasteiger partial charge in [-0.25, -0.2) is 0 Å². The first-order valence-corrected chi connectivity index (χ1v) is 9.37. The van der Waals surface area contributed by atoms with Gasteiger partial charge in [0.15, 0.2) is 6.61 Å². The van der Waals surface area contributed by atoms with E-state index in [1.807, 2.05) is 54.6 Å². The molecule has 0 aliphatic heterocycles. The van der Waals surface area contributed by atoms with Crippen LogP contribution in [0.1, 0.15) is 18.1 Å².